The third kappa shape index (κ3) is 4.97. The number of halogens is 1. The van der Waals surface area contributed by atoms with Crippen molar-refractivity contribution in [3.8, 4) is 5.75 Å². The minimum atomic E-state index is -0.879. The molecule has 3 rings (SSSR count). The quantitative estimate of drug-likeness (QED) is 0.389. The molecule has 29 heavy (non-hydrogen) atoms. The number of rotatable bonds is 7. The summed E-state index contributed by atoms with van der Waals surface area (Å²) in [5, 5.41) is 3.60. The molecule has 0 saturated carbocycles. The molecule has 0 fully saturated rings. The number of nitrogens with one attached hydrogen (secondary N) is 1. The topological polar surface area (TPSA) is 77.8 Å². The van der Waals surface area contributed by atoms with E-state index in [4.69, 9.17) is 25.5 Å². The minimum absolute atomic E-state index is 0.185. The summed E-state index contributed by atoms with van der Waals surface area (Å²) in [6.45, 7) is 3.50. The summed E-state index contributed by atoms with van der Waals surface area (Å²) in [7, 11) is 0. The maximum absolute atomic E-state index is 13.2. The summed E-state index contributed by atoms with van der Waals surface area (Å²) < 4.78 is 15.7. The predicted octanol–water partition coefficient (Wildman–Crippen LogP) is 5.81. The number of anilines is 1. The van der Waals surface area contributed by atoms with Crippen molar-refractivity contribution < 1.29 is 23.5 Å². The van der Waals surface area contributed by atoms with E-state index in [1.165, 1.54) is 6.07 Å². The van der Waals surface area contributed by atoms with E-state index >= 15 is 0 Å². The minimum Gasteiger partial charge on any atom is -0.460 e. The van der Waals surface area contributed by atoms with Gasteiger partial charge in [-0.05, 0) is 26.0 Å². The number of carbonyl (C=O) groups excluding carboxylic acids is 2. The Morgan fingerprint density at radius 3 is 2.48 bits per heavy atom. The molecule has 1 unspecified atom stereocenters. The predicted molar refractivity (Wildman–Crippen MR) is 110 cm³/mol. The first-order valence-electron chi connectivity index (χ1n) is 9.05. The molecule has 1 aromatic heterocycles. The fraction of sp³-hybridized carbons (Fsp3) is 0.182. The molecular weight excluding hydrogens is 394 g/mol. The smallest absolute Gasteiger partial charge is 0.460 e. The summed E-state index contributed by atoms with van der Waals surface area (Å²) >= 11 is 6.26. The molecule has 1 heterocycles. The van der Waals surface area contributed by atoms with E-state index in [1.54, 1.807) is 62.4 Å². The normalized spacial score (nSPS) is 11.6. The number of ketones is 1. The Labute approximate surface area is 173 Å². The highest BCUT2D eigenvalue weighted by atomic mass is 35.5. The van der Waals surface area contributed by atoms with Crippen LogP contribution < -0.4 is 10.1 Å². The first-order valence-corrected chi connectivity index (χ1v) is 9.42. The number of hydrogen-bond donors (Lipinski definition) is 1. The second kappa shape index (κ2) is 9.30. The molecule has 0 saturated heterocycles. The Hall–Kier alpha value is -3.25. The van der Waals surface area contributed by atoms with E-state index in [9.17, 15) is 9.59 Å². The molecule has 1 atom stereocenters. The Morgan fingerprint density at radius 1 is 1.10 bits per heavy atom. The standard InChI is InChI=1S/C22H20ClNO5/c1-3-27-22(26)29-18-13-19(28-14(18)2)20(21(25)15-9-5-4-6-10-15)24-17-12-8-7-11-16(17)23/h4-13,20,24H,3H2,1-2H3. The van der Waals surface area contributed by atoms with E-state index in [0.29, 0.717) is 22.0 Å². The van der Waals surface area contributed by atoms with Crippen LogP contribution in [0.5, 0.6) is 5.75 Å². The van der Waals surface area contributed by atoms with Crippen molar-refractivity contribution in [2.45, 2.75) is 19.9 Å². The van der Waals surface area contributed by atoms with Gasteiger partial charge in [-0.2, -0.15) is 0 Å². The van der Waals surface area contributed by atoms with E-state index in [1.807, 2.05) is 6.07 Å². The fourth-order valence-corrected chi connectivity index (χ4v) is 2.93. The van der Waals surface area contributed by atoms with Gasteiger partial charge in [-0.3, -0.25) is 4.79 Å². The number of para-hydroxylation sites is 1. The highest BCUT2D eigenvalue weighted by Crippen LogP contribution is 2.33. The Balaban J connectivity index is 1.96. The lowest BCUT2D eigenvalue weighted by Gasteiger charge is -2.18. The number of Topliss-reactive ketones (excluding diaryl/α,β-unsaturated/α-hetero) is 1. The average Bonchev–Trinajstić information content (AvgIpc) is 3.07. The lowest BCUT2D eigenvalue weighted by molar-refractivity contribution is 0.0959. The molecule has 0 aliphatic carbocycles. The number of ether oxygens (including phenoxy) is 2. The molecule has 2 aromatic carbocycles. The molecule has 3 aromatic rings. The van der Waals surface area contributed by atoms with Crippen LogP contribution in [0.15, 0.2) is 65.1 Å². The summed E-state index contributed by atoms with van der Waals surface area (Å²) in [6.07, 6.45) is -0.840. The molecular formula is C22H20ClNO5. The number of aryl methyl sites for hydroxylation is 1. The van der Waals surface area contributed by atoms with E-state index in [2.05, 4.69) is 5.32 Å². The van der Waals surface area contributed by atoms with Crippen molar-refractivity contribution in [2.75, 3.05) is 11.9 Å². The zero-order valence-corrected chi connectivity index (χ0v) is 16.7. The largest absolute Gasteiger partial charge is 0.513 e. The molecule has 0 aliphatic rings. The van der Waals surface area contributed by atoms with Crippen LogP contribution in [0.2, 0.25) is 5.02 Å². The average molecular weight is 414 g/mol. The fourth-order valence-electron chi connectivity index (χ4n) is 2.74. The van der Waals surface area contributed by atoms with Gasteiger partial charge in [0.05, 0.1) is 17.3 Å². The second-order valence-corrected chi connectivity index (χ2v) is 6.55. The van der Waals surface area contributed by atoms with Gasteiger partial charge in [0.25, 0.3) is 0 Å². The molecule has 6 nitrogen and oxygen atoms in total. The van der Waals surface area contributed by atoms with E-state index in [0.717, 1.165) is 0 Å². The van der Waals surface area contributed by atoms with Crippen LogP contribution in [0.1, 0.15) is 34.8 Å². The summed E-state index contributed by atoms with van der Waals surface area (Å²) in [4.78, 5) is 24.9. The van der Waals surface area contributed by atoms with Gasteiger partial charge in [0.15, 0.2) is 11.5 Å². The van der Waals surface area contributed by atoms with Gasteiger partial charge in [0, 0.05) is 11.6 Å². The van der Waals surface area contributed by atoms with Crippen molar-refractivity contribution in [3.63, 3.8) is 0 Å². The Kier molecular flexibility index (Phi) is 6.57. The van der Waals surface area contributed by atoms with Gasteiger partial charge >= 0.3 is 6.16 Å². The first kappa shape index (κ1) is 20.5. The summed E-state index contributed by atoms with van der Waals surface area (Å²) in [5.74, 6) is 0.600. The van der Waals surface area contributed by atoms with Crippen molar-refractivity contribution >= 4 is 29.2 Å². The maximum Gasteiger partial charge on any atom is 0.513 e. The Bertz CT molecular complexity index is 999. The summed E-state index contributed by atoms with van der Waals surface area (Å²) in [5.41, 5.74) is 1.07. The molecule has 7 heteroatoms. The monoisotopic (exact) mass is 413 g/mol. The molecule has 1 N–H and O–H groups in total. The SMILES string of the molecule is CCOC(=O)Oc1cc(C(Nc2ccccc2Cl)C(=O)c2ccccc2)oc1C. The van der Waals surface area contributed by atoms with Gasteiger partial charge in [0.1, 0.15) is 17.6 Å². The van der Waals surface area contributed by atoms with Crippen molar-refractivity contribution in [1.29, 1.82) is 0 Å². The van der Waals surface area contributed by atoms with Crippen LogP contribution in [-0.2, 0) is 4.74 Å². The molecule has 0 aliphatic heterocycles. The third-order valence-electron chi connectivity index (χ3n) is 4.13. The zero-order valence-electron chi connectivity index (χ0n) is 16.0. The van der Waals surface area contributed by atoms with Crippen LogP contribution in [0.25, 0.3) is 0 Å². The lowest BCUT2D eigenvalue weighted by Crippen LogP contribution is -2.21. The number of carbonyl (C=O) groups is 2. The van der Waals surface area contributed by atoms with Gasteiger partial charge in [-0.1, -0.05) is 54.1 Å². The lowest BCUT2D eigenvalue weighted by atomic mass is 10.0. The van der Waals surface area contributed by atoms with Crippen LogP contribution in [0.4, 0.5) is 10.5 Å². The second-order valence-electron chi connectivity index (χ2n) is 6.14. The number of furan rings is 1. The first-order chi connectivity index (χ1) is 14.0. The van der Waals surface area contributed by atoms with Crippen LogP contribution in [0, 0.1) is 6.92 Å². The van der Waals surface area contributed by atoms with Gasteiger partial charge < -0.3 is 19.2 Å². The van der Waals surface area contributed by atoms with Gasteiger partial charge in [0.2, 0.25) is 0 Å². The highest BCUT2D eigenvalue weighted by Gasteiger charge is 2.28. The third-order valence-corrected chi connectivity index (χ3v) is 4.46. The molecule has 0 radical (unpaired) electrons. The Morgan fingerprint density at radius 2 is 1.79 bits per heavy atom. The van der Waals surface area contributed by atoms with E-state index < -0.39 is 12.2 Å². The van der Waals surface area contributed by atoms with Gasteiger partial charge in [-0.25, -0.2) is 4.79 Å². The van der Waals surface area contributed by atoms with Crippen molar-refractivity contribution in [1.82, 2.24) is 0 Å². The highest BCUT2D eigenvalue weighted by molar-refractivity contribution is 6.33. The van der Waals surface area contributed by atoms with Crippen LogP contribution in [-0.4, -0.2) is 18.5 Å². The van der Waals surface area contributed by atoms with E-state index in [-0.39, 0.29) is 23.9 Å². The molecule has 0 amide bonds. The van der Waals surface area contributed by atoms with Crippen molar-refractivity contribution in [3.05, 3.63) is 82.8 Å². The number of hydrogen-bond acceptors (Lipinski definition) is 6. The number of benzene rings is 2. The molecule has 0 bridgehead atoms. The summed E-state index contributed by atoms with van der Waals surface area (Å²) in [6, 6.07) is 16.5. The zero-order chi connectivity index (χ0) is 20.8. The maximum atomic E-state index is 13.2. The van der Waals surface area contributed by atoms with Crippen LogP contribution in [0.3, 0.4) is 0 Å². The molecule has 150 valence electrons. The van der Waals surface area contributed by atoms with Crippen molar-refractivity contribution in [2.24, 2.45) is 0 Å². The van der Waals surface area contributed by atoms with Crippen LogP contribution >= 0.6 is 11.6 Å². The molecule has 0 spiro atoms. The van der Waals surface area contributed by atoms with Gasteiger partial charge in [-0.15, -0.1) is 0 Å².